The molecule has 174 valence electrons. The number of sulfonamides is 1. The Labute approximate surface area is 189 Å². The van der Waals surface area contributed by atoms with Crippen molar-refractivity contribution in [2.75, 3.05) is 25.0 Å². The summed E-state index contributed by atoms with van der Waals surface area (Å²) in [6, 6.07) is 4.15. The number of nitrogens with one attached hydrogen (secondary N) is 1. The fourth-order valence-electron chi connectivity index (χ4n) is 3.43. The number of esters is 1. The highest BCUT2D eigenvalue weighted by molar-refractivity contribution is 7.89. The van der Waals surface area contributed by atoms with E-state index >= 15 is 0 Å². The van der Waals surface area contributed by atoms with Crippen molar-refractivity contribution in [1.82, 2.24) is 4.31 Å². The third kappa shape index (κ3) is 5.16. The molecule has 0 atom stereocenters. The van der Waals surface area contributed by atoms with Gasteiger partial charge in [0, 0.05) is 23.9 Å². The molecule has 1 aromatic carbocycles. The first-order valence-corrected chi connectivity index (χ1v) is 12.5. The molecule has 1 aromatic heterocycles. The van der Waals surface area contributed by atoms with Crippen LogP contribution >= 0.6 is 11.3 Å². The van der Waals surface area contributed by atoms with Gasteiger partial charge in [0.15, 0.2) is 11.6 Å². The molecule has 1 amide bonds. The topological polar surface area (TPSA) is 92.8 Å². The molecule has 0 spiro atoms. The Morgan fingerprint density at radius 2 is 1.84 bits per heavy atom. The Morgan fingerprint density at radius 1 is 1.16 bits per heavy atom. The number of piperidine rings is 1. The van der Waals surface area contributed by atoms with E-state index in [0.29, 0.717) is 23.1 Å². The van der Waals surface area contributed by atoms with Crippen LogP contribution in [0.2, 0.25) is 0 Å². The van der Waals surface area contributed by atoms with Crippen molar-refractivity contribution in [1.29, 1.82) is 0 Å². The highest BCUT2D eigenvalue weighted by Gasteiger charge is 2.33. The Hall–Kier alpha value is -2.37. The lowest BCUT2D eigenvalue weighted by Crippen LogP contribution is -2.41. The van der Waals surface area contributed by atoms with Gasteiger partial charge in [-0.05, 0) is 50.5 Å². The molecule has 0 bridgehead atoms. The molecular formula is C21H24F2N2O5S2. The third-order valence-corrected chi connectivity index (χ3v) is 8.31. The molecule has 3 rings (SSSR count). The van der Waals surface area contributed by atoms with Crippen molar-refractivity contribution < 1.29 is 31.5 Å². The Balaban J connectivity index is 1.67. The zero-order valence-corrected chi connectivity index (χ0v) is 19.3. The van der Waals surface area contributed by atoms with E-state index < -0.39 is 33.5 Å². The van der Waals surface area contributed by atoms with E-state index in [0.717, 1.165) is 21.3 Å². The van der Waals surface area contributed by atoms with Crippen LogP contribution in [0.4, 0.5) is 13.8 Å². The Kier molecular flexibility index (Phi) is 7.63. The molecular weight excluding hydrogens is 462 g/mol. The molecule has 1 saturated heterocycles. The van der Waals surface area contributed by atoms with Gasteiger partial charge in [-0.2, -0.15) is 4.31 Å². The minimum Gasteiger partial charge on any atom is -0.462 e. The fraction of sp³-hybridized carbons (Fsp3) is 0.429. The van der Waals surface area contributed by atoms with Gasteiger partial charge < -0.3 is 10.1 Å². The van der Waals surface area contributed by atoms with Gasteiger partial charge in [-0.1, -0.05) is 6.92 Å². The monoisotopic (exact) mass is 486 g/mol. The van der Waals surface area contributed by atoms with E-state index in [4.69, 9.17) is 4.74 Å². The first-order valence-electron chi connectivity index (χ1n) is 10.2. The first-order chi connectivity index (χ1) is 15.2. The second-order valence-electron chi connectivity index (χ2n) is 7.27. The third-order valence-electron chi connectivity index (χ3n) is 5.22. The summed E-state index contributed by atoms with van der Waals surface area (Å²) < 4.78 is 58.3. The number of amides is 1. The van der Waals surface area contributed by atoms with Crippen LogP contribution in [0, 0.1) is 17.6 Å². The number of benzene rings is 1. The summed E-state index contributed by atoms with van der Waals surface area (Å²) >= 11 is 1.31. The average Bonchev–Trinajstić information content (AvgIpc) is 3.18. The summed E-state index contributed by atoms with van der Waals surface area (Å²) in [7, 11) is -4.00. The van der Waals surface area contributed by atoms with Crippen LogP contribution in [-0.4, -0.2) is 44.3 Å². The van der Waals surface area contributed by atoms with Gasteiger partial charge in [0.05, 0.1) is 17.1 Å². The summed E-state index contributed by atoms with van der Waals surface area (Å²) in [5, 5.41) is 3.21. The summed E-state index contributed by atoms with van der Waals surface area (Å²) in [5.41, 5.74) is 0.306. The second kappa shape index (κ2) is 10.1. The number of rotatable bonds is 7. The lowest BCUT2D eigenvalue weighted by Gasteiger charge is -2.30. The number of hydrogen-bond donors (Lipinski definition) is 1. The molecule has 2 aromatic rings. The molecule has 0 aliphatic carbocycles. The summed E-state index contributed by atoms with van der Waals surface area (Å²) in [6.07, 6.45) is 1.22. The number of anilines is 1. The van der Waals surface area contributed by atoms with Crippen LogP contribution in [0.25, 0.3) is 0 Å². The van der Waals surface area contributed by atoms with E-state index in [9.17, 15) is 26.8 Å². The van der Waals surface area contributed by atoms with Crippen LogP contribution in [0.15, 0.2) is 29.2 Å². The maximum absolute atomic E-state index is 13.5. The molecule has 1 aliphatic heterocycles. The normalized spacial score (nSPS) is 15.5. The Bertz CT molecular complexity index is 1110. The number of carbonyl (C=O) groups excluding carboxylic acids is 2. The number of carbonyl (C=O) groups is 2. The lowest BCUT2D eigenvalue weighted by molar-refractivity contribution is -0.120. The van der Waals surface area contributed by atoms with E-state index in [1.807, 2.05) is 6.92 Å². The largest absolute Gasteiger partial charge is 0.462 e. The highest BCUT2D eigenvalue weighted by Crippen LogP contribution is 2.31. The van der Waals surface area contributed by atoms with Crippen LogP contribution in [0.5, 0.6) is 0 Å². The van der Waals surface area contributed by atoms with Crippen molar-refractivity contribution in [3.8, 4) is 0 Å². The van der Waals surface area contributed by atoms with Gasteiger partial charge in [-0.25, -0.2) is 22.0 Å². The van der Waals surface area contributed by atoms with Gasteiger partial charge >= 0.3 is 5.97 Å². The number of ether oxygens (including phenoxy) is 1. The highest BCUT2D eigenvalue weighted by atomic mass is 32.2. The molecule has 1 N–H and O–H groups in total. The predicted molar refractivity (Wildman–Crippen MR) is 116 cm³/mol. The molecule has 0 saturated carbocycles. The van der Waals surface area contributed by atoms with Crippen LogP contribution in [-0.2, 0) is 26.0 Å². The van der Waals surface area contributed by atoms with Crippen molar-refractivity contribution in [3.05, 3.63) is 46.3 Å². The molecule has 0 unspecified atom stereocenters. The van der Waals surface area contributed by atoms with Gasteiger partial charge in [0.2, 0.25) is 15.9 Å². The van der Waals surface area contributed by atoms with Gasteiger partial charge in [-0.3, -0.25) is 4.79 Å². The molecule has 32 heavy (non-hydrogen) atoms. The van der Waals surface area contributed by atoms with Gasteiger partial charge in [0.1, 0.15) is 5.00 Å². The van der Waals surface area contributed by atoms with E-state index in [-0.39, 0.29) is 43.3 Å². The first kappa shape index (κ1) is 24.3. The van der Waals surface area contributed by atoms with Crippen molar-refractivity contribution >= 4 is 38.2 Å². The average molecular weight is 487 g/mol. The number of hydrogen-bond acceptors (Lipinski definition) is 6. The van der Waals surface area contributed by atoms with Crippen molar-refractivity contribution in [2.45, 2.75) is 38.0 Å². The smallest absolute Gasteiger partial charge is 0.341 e. The Morgan fingerprint density at radius 3 is 2.44 bits per heavy atom. The van der Waals surface area contributed by atoms with Crippen LogP contribution < -0.4 is 5.32 Å². The molecule has 11 heteroatoms. The number of halogens is 2. The lowest BCUT2D eigenvalue weighted by atomic mass is 9.97. The van der Waals surface area contributed by atoms with Gasteiger partial charge in [-0.15, -0.1) is 11.3 Å². The number of aryl methyl sites for hydroxylation is 1. The van der Waals surface area contributed by atoms with Crippen molar-refractivity contribution in [3.63, 3.8) is 0 Å². The number of thiophene rings is 1. The molecule has 1 fully saturated rings. The second-order valence-corrected chi connectivity index (χ2v) is 10.3. The minimum absolute atomic E-state index is 0.0643. The predicted octanol–water partition coefficient (Wildman–Crippen LogP) is 3.80. The summed E-state index contributed by atoms with van der Waals surface area (Å²) in [5.74, 6) is -3.62. The minimum atomic E-state index is -4.00. The van der Waals surface area contributed by atoms with E-state index in [1.165, 1.54) is 11.3 Å². The zero-order valence-electron chi connectivity index (χ0n) is 17.7. The van der Waals surface area contributed by atoms with Crippen LogP contribution in [0.3, 0.4) is 0 Å². The van der Waals surface area contributed by atoms with Gasteiger partial charge in [0.25, 0.3) is 0 Å². The van der Waals surface area contributed by atoms with E-state index in [1.54, 1.807) is 13.0 Å². The standard InChI is InChI=1S/C21H24F2N2O5S2/c1-3-14-11-16(21(27)30-4-2)20(31-14)24-19(26)13-7-9-25(10-8-13)32(28,29)15-5-6-17(22)18(23)12-15/h5-6,11-13H,3-4,7-10H2,1-2H3,(H,24,26). The quantitative estimate of drug-likeness (QED) is 0.601. The molecule has 7 nitrogen and oxygen atoms in total. The fourth-order valence-corrected chi connectivity index (χ4v) is 5.90. The maximum Gasteiger partial charge on any atom is 0.341 e. The summed E-state index contributed by atoms with van der Waals surface area (Å²) in [4.78, 5) is 25.6. The van der Waals surface area contributed by atoms with Crippen molar-refractivity contribution in [2.24, 2.45) is 5.92 Å². The molecule has 0 radical (unpaired) electrons. The molecule has 1 aliphatic rings. The van der Waals surface area contributed by atoms with Crippen LogP contribution in [0.1, 0.15) is 41.9 Å². The zero-order chi connectivity index (χ0) is 23.5. The SMILES string of the molecule is CCOC(=O)c1cc(CC)sc1NC(=O)C1CCN(S(=O)(=O)c2ccc(F)c(F)c2)CC1. The summed E-state index contributed by atoms with van der Waals surface area (Å²) in [6.45, 7) is 3.99. The van der Waals surface area contributed by atoms with E-state index in [2.05, 4.69) is 5.32 Å². The maximum atomic E-state index is 13.5. The molecule has 2 heterocycles. The number of nitrogens with zero attached hydrogens (tertiary/aromatic N) is 1.